The Bertz CT molecular complexity index is 1130. The number of nitrogens with zero attached hydrogens (tertiary/aromatic N) is 3. The van der Waals surface area contributed by atoms with Crippen molar-refractivity contribution in [3.8, 4) is 0 Å². The second-order valence-electron chi connectivity index (χ2n) is 9.60. The van der Waals surface area contributed by atoms with E-state index in [1.165, 1.54) is 15.5 Å². The van der Waals surface area contributed by atoms with Gasteiger partial charge in [0, 0.05) is 54.9 Å². The van der Waals surface area contributed by atoms with Crippen LogP contribution in [0.3, 0.4) is 0 Å². The molecule has 0 aliphatic carbocycles. The van der Waals surface area contributed by atoms with Crippen molar-refractivity contribution in [1.29, 1.82) is 0 Å². The Hall–Kier alpha value is -2.26. The Morgan fingerprint density at radius 2 is 1.77 bits per heavy atom. The number of rotatable bonds is 5. The van der Waals surface area contributed by atoms with Gasteiger partial charge in [0.05, 0.1) is 11.4 Å². The van der Waals surface area contributed by atoms with E-state index in [1.807, 2.05) is 12.1 Å². The monoisotopic (exact) mass is 517 g/mol. The molecule has 9 heteroatoms. The Labute approximate surface area is 216 Å². The minimum atomic E-state index is -1.29. The molecule has 35 heavy (non-hydrogen) atoms. The first-order valence-electron chi connectivity index (χ1n) is 11.8. The highest BCUT2D eigenvalue weighted by molar-refractivity contribution is 7.99. The minimum absolute atomic E-state index is 0. The van der Waals surface area contributed by atoms with Gasteiger partial charge in [-0.15, -0.1) is 12.4 Å². The van der Waals surface area contributed by atoms with Gasteiger partial charge in [0.1, 0.15) is 0 Å². The van der Waals surface area contributed by atoms with E-state index in [2.05, 4.69) is 40.1 Å². The normalized spacial score (nSPS) is 22.9. The van der Waals surface area contributed by atoms with Crippen LogP contribution in [0, 0.1) is 0 Å². The number of benzene rings is 2. The number of ketones is 1. The van der Waals surface area contributed by atoms with Crippen LogP contribution in [0.1, 0.15) is 43.5 Å². The summed E-state index contributed by atoms with van der Waals surface area (Å²) in [5.74, 6) is 0.0722. The lowest BCUT2D eigenvalue weighted by atomic mass is 9.82. The predicted octanol–water partition coefficient (Wildman–Crippen LogP) is 4.93. The number of para-hydroxylation sites is 1. The molecular formula is C26H32ClN3O4S. The molecule has 0 radical (unpaired) electrons. The van der Waals surface area contributed by atoms with E-state index in [4.69, 9.17) is 4.74 Å². The van der Waals surface area contributed by atoms with Crippen LogP contribution in [0.25, 0.3) is 0 Å². The molecule has 1 amide bonds. The Morgan fingerprint density at radius 3 is 2.43 bits per heavy atom. The molecule has 0 saturated carbocycles. The first-order valence-corrected chi connectivity index (χ1v) is 12.6. The van der Waals surface area contributed by atoms with Crippen LogP contribution in [0.2, 0.25) is 0 Å². The summed E-state index contributed by atoms with van der Waals surface area (Å²) < 4.78 is 5.65. The standard InChI is InChI=1S/C26H31N3O4S.ClH/c1-18(30)19-9-10-23-21(17-19)29(20-7-4-5-8-22(20)34-23)14-6-13-28-15-11-26(12-16-28)25(2,32)27(3)24(31)33-26;/h4-5,7-10,17,32H,6,11-16H2,1-3H3;1H. The second kappa shape index (κ2) is 9.65. The summed E-state index contributed by atoms with van der Waals surface area (Å²) >= 11 is 1.75. The van der Waals surface area contributed by atoms with Gasteiger partial charge in [0.2, 0.25) is 0 Å². The smallest absolute Gasteiger partial charge is 0.412 e. The summed E-state index contributed by atoms with van der Waals surface area (Å²) in [6, 6.07) is 14.4. The summed E-state index contributed by atoms with van der Waals surface area (Å²) in [7, 11) is 1.59. The minimum Gasteiger partial charge on any atom is -0.437 e. The lowest BCUT2D eigenvalue weighted by Gasteiger charge is -2.44. The molecule has 0 bridgehead atoms. The van der Waals surface area contributed by atoms with Gasteiger partial charge in [-0.3, -0.25) is 9.69 Å². The quantitative estimate of drug-likeness (QED) is 0.564. The Balaban J connectivity index is 0.00000289. The zero-order valence-electron chi connectivity index (χ0n) is 20.3. The maximum absolute atomic E-state index is 12.1. The van der Waals surface area contributed by atoms with E-state index in [0.29, 0.717) is 12.8 Å². The van der Waals surface area contributed by atoms with Gasteiger partial charge in [-0.1, -0.05) is 30.0 Å². The maximum Gasteiger partial charge on any atom is 0.412 e. The molecule has 3 aliphatic rings. The molecule has 1 unspecified atom stereocenters. The number of ether oxygens (including phenoxy) is 1. The van der Waals surface area contributed by atoms with Crippen LogP contribution in [0.4, 0.5) is 16.2 Å². The van der Waals surface area contributed by atoms with Crippen molar-refractivity contribution in [1.82, 2.24) is 9.80 Å². The highest BCUT2D eigenvalue weighted by atomic mass is 35.5. The Morgan fingerprint density at radius 1 is 1.09 bits per heavy atom. The van der Waals surface area contributed by atoms with Gasteiger partial charge >= 0.3 is 6.09 Å². The van der Waals surface area contributed by atoms with Crippen LogP contribution in [0.15, 0.2) is 52.3 Å². The van der Waals surface area contributed by atoms with Gasteiger partial charge in [-0.05, 0) is 51.1 Å². The summed E-state index contributed by atoms with van der Waals surface area (Å²) in [5.41, 5.74) is 0.874. The van der Waals surface area contributed by atoms with Gasteiger partial charge in [-0.2, -0.15) is 0 Å². The van der Waals surface area contributed by atoms with Crippen molar-refractivity contribution >= 4 is 47.4 Å². The molecule has 3 aliphatic heterocycles. The number of piperidine rings is 1. The van der Waals surface area contributed by atoms with Crippen LogP contribution in [0.5, 0.6) is 0 Å². The molecule has 1 spiro atoms. The van der Waals surface area contributed by atoms with Crippen LogP contribution in [-0.2, 0) is 4.74 Å². The van der Waals surface area contributed by atoms with E-state index < -0.39 is 17.4 Å². The summed E-state index contributed by atoms with van der Waals surface area (Å²) in [4.78, 5) is 32.5. The first-order chi connectivity index (χ1) is 16.2. The van der Waals surface area contributed by atoms with Gasteiger partial charge in [0.25, 0.3) is 0 Å². The number of Topliss-reactive ketones (excluding diaryl/α,β-unsaturated/α-hetero) is 1. The van der Waals surface area contributed by atoms with Crippen molar-refractivity contribution in [3.63, 3.8) is 0 Å². The number of aliphatic hydroxyl groups is 1. The third kappa shape index (κ3) is 4.42. The van der Waals surface area contributed by atoms with Crippen LogP contribution >= 0.6 is 24.2 Å². The number of hydrogen-bond acceptors (Lipinski definition) is 7. The largest absolute Gasteiger partial charge is 0.437 e. The molecule has 1 atom stereocenters. The molecule has 7 nitrogen and oxygen atoms in total. The van der Waals surface area contributed by atoms with Gasteiger partial charge < -0.3 is 19.6 Å². The molecule has 5 rings (SSSR count). The fourth-order valence-corrected chi connectivity index (χ4v) is 6.35. The summed E-state index contributed by atoms with van der Waals surface area (Å²) in [6.07, 6.45) is 1.73. The van der Waals surface area contributed by atoms with Crippen molar-refractivity contribution in [2.24, 2.45) is 0 Å². The number of anilines is 2. The maximum atomic E-state index is 12.1. The van der Waals surface area contributed by atoms with E-state index in [-0.39, 0.29) is 18.2 Å². The van der Waals surface area contributed by atoms with Crippen molar-refractivity contribution in [2.45, 2.75) is 54.2 Å². The lowest BCUT2D eigenvalue weighted by Crippen LogP contribution is -2.59. The van der Waals surface area contributed by atoms with Crippen molar-refractivity contribution in [2.75, 3.05) is 38.1 Å². The molecular weight excluding hydrogens is 486 g/mol. The number of carbonyl (C=O) groups excluding carboxylic acids is 2. The summed E-state index contributed by atoms with van der Waals surface area (Å²) in [6.45, 7) is 6.57. The number of likely N-dealkylation sites (N-methyl/N-ethyl adjacent to an activating group) is 1. The first kappa shape index (κ1) is 25.8. The fraction of sp³-hybridized carbons (Fsp3) is 0.462. The number of hydrogen-bond donors (Lipinski definition) is 1. The number of likely N-dealkylation sites (tertiary alicyclic amines) is 1. The van der Waals surface area contributed by atoms with Gasteiger partial charge in [0.15, 0.2) is 17.1 Å². The zero-order chi connectivity index (χ0) is 24.1. The van der Waals surface area contributed by atoms with Crippen molar-refractivity contribution < 1.29 is 19.4 Å². The molecule has 2 aromatic rings. The lowest BCUT2D eigenvalue weighted by molar-refractivity contribution is -0.160. The van der Waals surface area contributed by atoms with E-state index in [1.54, 1.807) is 32.7 Å². The SMILES string of the molecule is CC(=O)c1ccc2c(c1)N(CCCN1CCC3(CC1)OC(=O)N(C)C3(C)O)c1ccccc1S2.Cl. The topological polar surface area (TPSA) is 73.3 Å². The average Bonchev–Trinajstić information content (AvgIpc) is 2.99. The highest BCUT2D eigenvalue weighted by Crippen LogP contribution is 2.48. The molecule has 188 valence electrons. The Kier molecular flexibility index (Phi) is 7.12. The van der Waals surface area contributed by atoms with Crippen molar-refractivity contribution in [3.05, 3.63) is 48.0 Å². The zero-order valence-corrected chi connectivity index (χ0v) is 22.0. The molecule has 3 heterocycles. The molecule has 1 N–H and O–H groups in total. The van der Waals surface area contributed by atoms with E-state index in [9.17, 15) is 14.7 Å². The summed E-state index contributed by atoms with van der Waals surface area (Å²) in [5, 5.41) is 10.9. The van der Waals surface area contributed by atoms with E-state index >= 15 is 0 Å². The number of carbonyl (C=O) groups is 2. The molecule has 2 fully saturated rings. The van der Waals surface area contributed by atoms with Crippen LogP contribution < -0.4 is 4.90 Å². The fourth-order valence-electron chi connectivity index (χ4n) is 5.27. The predicted molar refractivity (Wildman–Crippen MR) is 139 cm³/mol. The number of fused-ring (bicyclic) bond motifs is 2. The second-order valence-corrected chi connectivity index (χ2v) is 10.7. The average molecular weight is 518 g/mol. The van der Waals surface area contributed by atoms with Crippen LogP contribution in [-0.4, -0.2) is 71.3 Å². The van der Waals surface area contributed by atoms with Gasteiger partial charge in [-0.25, -0.2) is 4.79 Å². The molecule has 0 aromatic heterocycles. The number of amides is 1. The van der Waals surface area contributed by atoms with E-state index in [0.717, 1.165) is 48.7 Å². The molecule has 2 saturated heterocycles. The molecule has 2 aromatic carbocycles. The third-order valence-electron chi connectivity index (χ3n) is 7.62. The third-order valence-corrected chi connectivity index (χ3v) is 8.76. The highest BCUT2D eigenvalue weighted by Gasteiger charge is 2.61. The number of halogens is 1.